The van der Waals surface area contributed by atoms with Gasteiger partial charge in [-0.15, -0.1) is 0 Å². The highest BCUT2D eigenvalue weighted by molar-refractivity contribution is 7.98. The normalized spacial score (nSPS) is 10.7. The molecule has 1 N–H and O–H groups in total. The van der Waals surface area contributed by atoms with Crippen molar-refractivity contribution in [2.75, 3.05) is 5.75 Å². The van der Waals surface area contributed by atoms with Crippen LogP contribution in [-0.2, 0) is 17.1 Å². The second kappa shape index (κ2) is 9.25. The van der Waals surface area contributed by atoms with Gasteiger partial charge in [0.2, 0.25) is 5.91 Å². The van der Waals surface area contributed by atoms with Crippen LogP contribution in [0.3, 0.4) is 0 Å². The van der Waals surface area contributed by atoms with Crippen LogP contribution in [0.15, 0.2) is 67.0 Å². The van der Waals surface area contributed by atoms with E-state index in [1.54, 1.807) is 18.0 Å². The van der Waals surface area contributed by atoms with Crippen molar-refractivity contribution in [3.63, 3.8) is 0 Å². The van der Waals surface area contributed by atoms with Crippen LogP contribution in [0.25, 0.3) is 5.69 Å². The van der Waals surface area contributed by atoms with Crippen molar-refractivity contribution in [3.05, 3.63) is 83.9 Å². The van der Waals surface area contributed by atoms with Gasteiger partial charge in [0.05, 0.1) is 5.69 Å². The van der Waals surface area contributed by atoms with Gasteiger partial charge in [-0.1, -0.05) is 48.5 Å². The van der Waals surface area contributed by atoms with Gasteiger partial charge in [-0.05, 0) is 24.1 Å². The molecule has 0 atom stereocenters. The fourth-order valence-corrected chi connectivity index (χ4v) is 3.64. The summed E-state index contributed by atoms with van der Waals surface area (Å²) < 4.78 is 2.04. The predicted molar refractivity (Wildman–Crippen MR) is 107 cm³/mol. The third-order valence-corrected chi connectivity index (χ3v) is 5.17. The first kappa shape index (κ1) is 18.3. The Labute approximate surface area is 158 Å². The zero-order valence-electron chi connectivity index (χ0n) is 14.9. The summed E-state index contributed by atoms with van der Waals surface area (Å²) in [6.45, 7) is 2.50. The maximum Gasteiger partial charge on any atom is 0.221 e. The highest BCUT2D eigenvalue weighted by atomic mass is 32.2. The molecule has 0 aliphatic rings. The SMILES string of the molecule is Cc1nccn1-c1ccccc1CNC(=O)CCSCc1ccccc1. The molecule has 1 aromatic heterocycles. The Morgan fingerprint density at radius 1 is 1.12 bits per heavy atom. The average molecular weight is 366 g/mol. The minimum atomic E-state index is 0.0858. The lowest BCUT2D eigenvalue weighted by molar-refractivity contribution is -0.120. The molecule has 4 nitrogen and oxygen atoms in total. The summed E-state index contributed by atoms with van der Waals surface area (Å²) in [5.41, 5.74) is 3.43. The number of benzene rings is 2. The van der Waals surface area contributed by atoms with E-state index in [1.807, 2.05) is 60.2 Å². The van der Waals surface area contributed by atoms with E-state index in [0.29, 0.717) is 13.0 Å². The Balaban J connectivity index is 1.47. The van der Waals surface area contributed by atoms with Crippen LogP contribution < -0.4 is 5.32 Å². The number of nitrogens with zero attached hydrogens (tertiary/aromatic N) is 2. The third kappa shape index (κ3) is 4.99. The number of hydrogen-bond acceptors (Lipinski definition) is 3. The highest BCUT2D eigenvalue weighted by Gasteiger charge is 2.08. The second-order valence-corrected chi connectivity index (χ2v) is 7.14. The van der Waals surface area contributed by atoms with Gasteiger partial charge >= 0.3 is 0 Å². The smallest absolute Gasteiger partial charge is 0.221 e. The zero-order valence-corrected chi connectivity index (χ0v) is 15.7. The van der Waals surface area contributed by atoms with Crippen molar-refractivity contribution in [3.8, 4) is 5.69 Å². The lowest BCUT2D eigenvalue weighted by Crippen LogP contribution is -2.23. The minimum Gasteiger partial charge on any atom is -0.352 e. The van der Waals surface area contributed by atoms with Crippen LogP contribution in [0.1, 0.15) is 23.4 Å². The van der Waals surface area contributed by atoms with Crippen molar-refractivity contribution in [1.29, 1.82) is 0 Å². The van der Waals surface area contributed by atoms with Gasteiger partial charge < -0.3 is 9.88 Å². The molecular weight excluding hydrogens is 342 g/mol. The average Bonchev–Trinajstić information content (AvgIpc) is 3.10. The molecule has 3 aromatic rings. The number of hydrogen-bond donors (Lipinski definition) is 1. The van der Waals surface area contributed by atoms with E-state index in [0.717, 1.165) is 28.6 Å². The summed E-state index contributed by atoms with van der Waals surface area (Å²) in [5, 5.41) is 3.03. The van der Waals surface area contributed by atoms with Crippen LogP contribution >= 0.6 is 11.8 Å². The summed E-state index contributed by atoms with van der Waals surface area (Å²) in [5.74, 6) is 2.78. The Morgan fingerprint density at radius 3 is 2.65 bits per heavy atom. The number of thioether (sulfide) groups is 1. The zero-order chi connectivity index (χ0) is 18.2. The molecular formula is C21H23N3OS. The number of amides is 1. The number of rotatable bonds is 8. The molecule has 1 amide bonds. The molecule has 0 aliphatic carbocycles. The van der Waals surface area contributed by atoms with E-state index in [9.17, 15) is 4.79 Å². The first-order valence-corrected chi connectivity index (χ1v) is 9.86. The molecule has 0 spiro atoms. The van der Waals surface area contributed by atoms with E-state index in [4.69, 9.17) is 0 Å². The van der Waals surface area contributed by atoms with E-state index in [-0.39, 0.29) is 5.91 Å². The van der Waals surface area contributed by atoms with E-state index < -0.39 is 0 Å². The predicted octanol–water partition coefficient (Wildman–Crippen LogP) is 4.12. The fraction of sp³-hybridized carbons (Fsp3) is 0.238. The monoisotopic (exact) mass is 365 g/mol. The van der Waals surface area contributed by atoms with Crippen molar-refractivity contribution >= 4 is 17.7 Å². The molecule has 0 saturated heterocycles. The van der Waals surface area contributed by atoms with Gasteiger partial charge in [-0.2, -0.15) is 11.8 Å². The summed E-state index contributed by atoms with van der Waals surface area (Å²) in [6.07, 6.45) is 4.26. The first-order valence-electron chi connectivity index (χ1n) is 8.70. The quantitative estimate of drug-likeness (QED) is 0.611. The van der Waals surface area contributed by atoms with Gasteiger partial charge in [0, 0.05) is 36.9 Å². The largest absolute Gasteiger partial charge is 0.352 e. The minimum absolute atomic E-state index is 0.0858. The van der Waals surface area contributed by atoms with E-state index >= 15 is 0 Å². The van der Waals surface area contributed by atoms with Gasteiger partial charge in [0.15, 0.2) is 0 Å². The molecule has 0 saturated carbocycles. The summed E-state index contributed by atoms with van der Waals surface area (Å²) >= 11 is 1.79. The molecule has 1 heterocycles. The number of aromatic nitrogens is 2. The van der Waals surface area contributed by atoms with Crippen LogP contribution in [0.2, 0.25) is 0 Å². The number of aryl methyl sites for hydroxylation is 1. The Hall–Kier alpha value is -2.53. The number of carbonyl (C=O) groups excluding carboxylic acids is 1. The van der Waals surface area contributed by atoms with Crippen LogP contribution in [0.4, 0.5) is 0 Å². The van der Waals surface area contributed by atoms with E-state index in [2.05, 4.69) is 22.4 Å². The number of carbonyl (C=O) groups is 1. The maximum absolute atomic E-state index is 12.1. The summed E-state index contributed by atoms with van der Waals surface area (Å²) in [4.78, 5) is 16.4. The third-order valence-electron chi connectivity index (χ3n) is 4.14. The summed E-state index contributed by atoms with van der Waals surface area (Å²) in [7, 11) is 0. The van der Waals surface area contributed by atoms with Crippen molar-refractivity contribution < 1.29 is 4.79 Å². The molecule has 0 fully saturated rings. The lowest BCUT2D eigenvalue weighted by atomic mass is 10.1. The Bertz CT molecular complexity index is 845. The van der Waals surface area contributed by atoms with Gasteiger partial charge in [0.25, 0.3) is 0 Å². The van der Waals surface area contributed by atoms with Crippen LogP contribution in [0, 0.1) is 6.92 Å². The van der Waals surface area contributed by atoms with E-state index in [1.165, 1.54) is 5.56 Å². The number of imidazole rings is 1. The first-order chi connectivity index (χ1) is 12.7. The standard InChI is InChI=1S/C21H23N3OS/c1-17-22-12-13-24(17)20-10-6-5-9-19(20)15-23-21(25)11-14-26-16-18-7-3-2-4-8-18/h2-10,12-13H,11,14-16H2,1H3,(H,23,25). The second-order valence-electron chi connectivity index (χ2n) is 6.04. The maximum atomic E-state index is 12.1. The molecule has 3 rings (SSSR count). The molecule has 2 aromatic carbocycles. The fourth-order valence-electron chi connectivity index (χ4n) is 2.74. The van der Waals surface area contributed by atoms with Gasteiger partial charge in [0.1, 0.15) is 5.82 Å². The van der Waals surface area contributed by atoms with Gasteiger partial charge in [-0.25, -0.2) is 4.98 Å². The molecule has 5 heteroatoms. The summed E-state index contributed by atoms with van der Waals surface area (Å²) in [6, 6.07) is 18.4. The molecule has 0 radical (unpaired) electrons. The lowest BCUT2D eigenvalue weighted by Gasteiger charge is -2.12. The number of para-hydroxylation sites is 1. The van der Waals surface area contributed by atoms with Crippen LogP contribution in [-0.4, -0.2) is 21.2 Å². The van der Waals surface area contributed by atoms with Crippen molar-refractivity contribution in [2.24, 2.45) is 0 Å². The molecule has 134 valence electrons. The number of nitrogens with one attached hydrogen (secondary N) is 1. The highest BCUT2D eigenvalue weighted by Crippen LogP contribution is 2.16. The van der Waals surface area contributed by atoms with Gasteiger partial charge in [-0.3, -0.25) is 4.79 Å². The molecule has 26 heavy (non-hydrogen) atoms. The Morgan fingerprint density at radius 2 is 1.88 bits per heavy atom. The Kier molecular flexibility index (Phi) is 6.50. The van der Waals surface area contributed by atoms with Crippen molar-refractivity contribution in [2.45, 2.75) is 25.6 Å². The topological polar surface area (TPSA) is 46.9 Å². The molecule has 0 bridgehead atoms. The molecule has 0 unspecified atom stereocenters. The van der Waals surface area contributed by atoms with Crippen molar-refractivity contribution in [1.82, 2.24) is 14.9 Å². The van der Waals surface area contributed by atoms with Crippen LogP contribution in [0.5, 0.6) is 0 Å². The molecule has 0 aliphatic heterocycles.